The molecule has 0 saturated heterocycles. The van der Waals surface area contributed by atoms with Crippen molar-refractivity contribution in [1.82, 2.24) is 0 Å². The van der Waals surface area contributed by atoms with E-state index in [4.69, 9.17) is 9.47 Å². The first-order chi connectivity index (χ1) is 16.3. The number of aliphatic hydroxyl groups excluding tert-OH is 8. The minimum atomic E-state index is -2.48. The number of methoxy groups -OCH3 is 1. The van der Waals surface area contributed by atoms with E-state index >= 15 is 0 Å². The Morgan fingerprint density at radius 3 is 1.97 bits per heavy atom. The van der Waals surface area contributed by atoms with E-state index in [1.165, 1.54) is 7.11 Å². The summed E-state index contributed by atoms with van der Waals surface area (Å²) in [5.74, 6) is -3.12. The van der Waals surface area contributed by atoms with E-state index in [2.05, 4.69) is 4.74 Å². The van der Waals surface area contributed by atoms with Gasteiger partial charge < -0.3 is 60.2 Å². The molecule has 0 amide bonds. The Balaban J connectivity index is 2.22. The summed E-state index contributed by atoms with van der Waals surface area (Å²) in [6.45, 7) is 2.06. The van der Waals surface area contributed by atoms with E-state index in [1.807, 2.05) is 0 Å². The third kappa shape index (κ3) is 5.96. The molecule has 12 unspecified atom stereocenters. The molecule has 0 radical (unpaired) electrons. The summed E-state index contributed by atoms with van der Waals surface area (Å²) in [5, 5.41) is 92.9. The van der Waals surface area contributed by atoms with Gasteiger partial charge in [-0.2, -0.15) is 0 Å². The number of aliphatic hydroxyl groups is 9. The molecule has 2 saturated carbocycles. The zero-order valence-corrected chi connectivity index (χ0v) is 20.2. The van der Waals surface area contributed by atoms with Crippen LogP contribution in [-0.2, 0) is 19.0 Å². The molecule has 35 heavy (non-hydrogen) atoms. The first-order valence-electron chi connectivity index (χ1n) is 11.7. The maximum Gasteiger partial charge on any atom is 0.308 e. The van der Waals surface area contributed by atoms with Crippen LogP contribution in [0.3, 0.4) is 0 Å². The van der Waals surface area contributed by atoms with Crippen LogP contribution in [-0.4, -0.2) is 127 Å². The van der Waals surface area contributed by atoms with Crippen LogP contribution in [0.4, 0.5) is 0 Å². The number of hydrogen-bond acceptors (Lipinski definition) is 13. The van der Waals surface area contributed by atoms with Crippen molar-refractivity contribution in [2.24, 2.45) is 23.7 Å². The Bertz CT molecular complexity index is 694. The van der Waals surface area contributed by atoms with Crippen LogP contribution < -0.4 is 0 Å². The van der Waals surface area contributed by atoms with Crippen molar-refractivity contribution >= 4 is 5.97 Å². The molecule has 0 aromatic carbocycles. The fraction of sp³-hybridized carbons (Fsp3) is 0.955. The van der Waals surface area contributed by atoms with Crippen molar-refractivity contribution < 1.29 is 65.0 Å². The van der Waals surface area contributed by atoms with E-state index in [9.17, 15) is 50.8 Å². The monoisotopic (exact) mass is 512 g/mol. The smallest absolute Gasteiger partial charge is 0.308 e. The first kappa shape index (κ1) is 30.3. The zero-order valence-electron chi connectivity index (χ0n) is 20.2. The van der Waals surface area contributed by atoms with Gasteiger partial charge in [0.2, 0.25) is 0 Å². The SMILES string of the molecule is COC(=O)C(C)CC(C)COC(O)C1(OC(O)C2(O)CC(CO)C(O)C2O)CC(CO)C(O)C1O. The molecule has 2 rings (SSSR count). The predicted molar refractivity (Wildman–Crippen MR) is 116 cm³/mol. The summed E-state index contributed by atoms with van der Waals surface area (Å²) in [6.07, 6.45) is -11.8. The predicted octanol–water partition coefficient (Wildman–Crippen LogP) is -3.57. The van der Waals surface area contributed by atoms with Gasteiger partial charge in [-0.05, 0) is 25.2 Å². The number of carbonyl (C=O) groups excluding carboxylic acids is 1. The molecule has 9 N–H and O–H groups in total. The second-order valence-corrected chi connectivity index (χ2v) is 10.0. The second-order valence-electron chi connectivity index (χ2n) is 10.0. The summed E-state index contributed by atoms with van der Waals surface area (Å²) < 4.78 is 15.7. The number of esters is 1. The molecule has 0 heterocycles. The lowest BCUT2D eigenvalue weighted by molar-refractivity contribution is -0.342. The first-order valence-corrected chi connectivity index (χ1v) is 11.7. The molecule has 0 aromatic heterocycles. The summed E-state index contributed by atoms with van der Waals surface area (Å²) in [5.41, 5.74) is -4.72. The summed E-state index contributed by atoms with van der Waals surface area (Å²) in [6, 6.07) is 0. The van der Waals surface area contributed by atoms with Crippen LogP contribution in [0.15, 0.2) is 0 Å². The van der Waals surface area contributed by atoms with Gasteiger partial charge in [0.25, 0.3) is 0 Å². The third-order valence-corrected chi connectivity index (χ3v) is 7.34. The van der Waals surface area contributed by atoms with Gasteiger partial charge in [-0.25, -0.2) is 0 Å². The molecule has 0 spiro atoms. The quantitative estimate of drug-likeness (QED) is 0.0912. The van der Waals surface area contributed by atoms with Gasteiger partial charge in [0.1, 0.15) is 17.8 Å². The number of hydrogen-bond donors (Lipinski definition) is 9. The summed E-state index contributed by atoms with van der Waals surface area (Å²) >= 11 is 0. The van der Waals surface area contributed by atoms with E-state index in [0.29, 0.717) is 6.42 Å². The summed E-state index contributed by atoms with van der Waals surface area (Å²) in [4.78, 5) is 11.6. The lowest BCUT2D eigenvalue weighted by Gasteiger charge is -2.42. The van der Waals surface area contributed by atoms with Crippen LogP contribution in [0.25, 0.3) is 0 Å². The van der Waals surface area contributed by atoms with Gasteiger partial charge in [-0.3, -0.25) is 4.79 Å². The Hall–Kier alpha value is -0.970. The molecule has 12 atom stereocenters. The highest BCUT2D eigenvalue weighted by Gasteiger charge is 2.63. The molecular weight excluding hydrogens is 472 g/mol. The van der Waals surface area contributed by atoms with Crippen molar-refractivity contribution in [1.29, 1.82) is 0 Å². The van der Waals surface area contributed by atoms with Crippen LogP contribution in [0.1, 0.15) is 33.1 Å². The average molecular weight is 513 g/mol. The molecule has 0 bridgehead atoms. The highest BCUT2D eigenvalue weighted by molar-refractivity contribution is 5.71. The number of carbonyl (C=O) groups is 1. The molecule has 2 aliphatic carbocycles. The zero-order chi connectivity index (χ0) is 26.7. The van der Waals surface area contributed by atoms with Crippen LogP contribution in [0.5, 0.6) is 0 Å². The lowest BCUT2D eigenvalue weighted by atomic mass is 9.93. The van der Waals surface area contributed by atoms with Crippen molar-refractivity contribution in [2.75, 3.05) is 26.9 Å². The highest BCUT2D eigenvalue weighted by Crippen LogP contribution is 2.45. The van der Waals surface area contributed by atoms with Crippen LogP contribution in [0, 0.1) is 23.7 Å². The number of ether oxygens (including phenoxy) is 3. The van der Waals surface area contributed by atoms with Crippen LogP contribution >= 0.6 is 0 Å². The van der Waals surface area contributed by atoms with Gasteiger partial charge in [-0.1, -0.05) is 13.8 Å². The minimum absolute atomic E-state index is 0.130. The van der Waals surface area contributed by atoms with Crippen molar-refractivity contribution in [2.45, 2.75) is 81.3 Å². The molecule has 0 aliphatic heterocycles. The molecule has 2 aliphatic rings. The second kappa shape index (κ2) is 12.0. The topological polar surface area (TPSA) is 227 Å². The van der Waals surface area contributed by atoms with Crippen LogP contribution in [0.2, 0.25) is 0 Å². The summed E-state index contributed by atoms with van der Waals surface area (Å²) in [7, 11) is 1.26. The van der Waals surface area contributed by atoms with Gasteiger partial charge in [-0.15, -0.1) is 0 Å². The normalized spacial score (nSPS) is 40.9. The molecular formula is C22H40O13. The van der Waals surface area contributed by atoms with Gasteiger partial charge in [0, 0.05) is 25.0 Å². The average Bonchev–Trinajstić information content (AvgIpc) is 3.22. The minimum Gasteiger partial charge on any atom is -0.469 e. The molecule has 0 aromatic rings. The Labute approximate surface area is 203 Å². The van der Waals surface area contributed by atoms with Crippen molar-refractivity contribution in [3.05, 3.63) is 0 Å². The number of rotatable bonds is 12. The maximum atomic E-state index is 11.6. The fourth-order valence-corrected chi connectivity index (χ4v) is 5.10. The van der Waals surface area contributed by atoms with E-state index in [0.717, 1.165) is 0 Å². The van der Waals surface area contributed by atoms with E-state index in [-0.39, 0.29) is 12.5 Å². The Kier molecular flexibility index (Phi) is 10.4. The van der Waals surface area contributed by atoms with Gasteiger partial charge in [0.05, 0.1) is 31.8 Å². The highest BCUT2D eigenvalue weighted by atomic mass is 16.7. The molecule has 13 nitrogen and oxygen atoms in total. The Morgan fingerprint density at radius 2 is 1.49 bits per heavy atom. The third-order valence-electron chi connectivity index (χ3n) is 7.34. The molecule has 206 valence electrons. The molecule has 13 heteroatoms. The van der Waals surface area contributed by atoms with E-state index in [1.54, 1.807) is 13.8 Å². The lowest BCUT2D eigenvalue weighted by Crippen LogP contribution is -2.61. The Morgan fingerprint density at radius 1 is 0.943 bits per heavy atom. The van der Waals surface area contributed by atoms with E-state index < -0.39 is 98.0 Å². The van der Waals surface area contributed by atoms with Gasteiger partial charge in [0.15, 0.2) is 18.2 Å². The standard InChI is InChI=1S/C22H40O13/c1-10(4-11(2)18(29)33-3)9-34-20(31)22(6-13(8-24)15(26)17(22)28)35-19(30)21(32)5-12(7-23)14(25)16(21)27/h10-17,19-20,23-28,30-32H,4-9H2,1-3H3. The largest absolute Gasteiger partial charge is 0.469 e. The maximum absolute atomic E-state index is 11.6. The van der Waals surface area contributed by atoms with Crippen molar-refractivity contribution in [3.8, 4) is 0 Å². The van der Waals surface area contributed by atoms with Crippen molar-refractivity contribution in [3.63, 3.8) is 0 Å². The fourth-order valence-electron chi connectivity index (χ4n) is 5.10. The molecule has 2 fully saturated rings. The van der Waals surface area contributed by atoms with Gasteiger partial charge >= 0.3 is 5.97 Å².